The Balaban J connectivity index is 1.22. The standard InChI is InChI=1S/C75H82BN3/c1-69(2,3)48-28-33-52(34-29-48)77(53-35-30-49(31-36-53)70(4,5)6)54-45-63-66-64(46-54)79-67-59(74(15)40-22-23-41-75(74,79)16)43-51(72(10,11)12)44-61(67)76(66)60-38-37-58-65(55-26-20-21-27-57(55)73(58,13)14)68(60)78(63)62-39-32-50(71(7,8)9)42-56(62)47-24-18-17-19-25-47/h17-21,24-39,42-46H,22-23,40-41H2,1-16H3. The molecular formula is C75H82BN3. The zero-order valence-electron chi connectivity index (χ0n) is 50.3. The normalized spacial score (nSPS) is 19.6. The number of nitrogens with zero attached hydrogens (tertiary/aromatic N) is 3. The van der Waals surface area contributed by atoms with Gasteiger partial charge in [0, 0.05) is 56.1 Å². The van der Waals surface area contributed by atoms with Crippen molar-refractivity contribution >= 4 is 68.6 Å². The van der Waals surface area contributed by atoms with Crippen LogP contribution in [0.4, 0.5) is 45.5 Å². The van der Waals surface area contributed by atoms with Crippen LogP contribution in [0.1, 0.15) is 175 Å². The number of anilines is 8. The van der Waals surface area contributed by atoms with E-state index in [1.807, 2.05) is 0 Å². The molecule has 8 aromatic rings. The van der Waals surface area contributed by atoms with Gasteiger partial charge in [-0.15, -0.1) is 0 Å². The van der Waals surface area contributed by atoms with E-state index >= 15 is 0 Å². The van der Waals surface area contributed by atoms with Crippen LogP contribution < -0.4 is 31.1 Å². The topological polar surface area (TPSA) is 9.72 Å². The number of rotatable bonds is 5. The van der Waals surface area contributed by atoms with Crippen molar-refractivity contribution in [3.05, 3.63) is 197 Å². The van der Waals surface area contributed by atoms with Crippen LogP contribution in [0.25, 0.3) is 22.3 Å². The van der Waals surface area contributed by atoms with E-state index in [2.05, 4.69) is 283 Å². The van der Waals surface area contributed by atoms with E-state index in [1.54, 1.807) is 5.56 Å². The Hall–Kier alpha value is -6.78. The highest BCUT2D eigenvalue weighted by molar-refractivity contribution is 7.00. The zero-order valence-corrected chi connectivity index (χ0v) is 50.3. The lowest BCUT2D eigenvalue weighted by Gasteiger charge is -2.53. The third-order valence-corrected chi connectivity index (χ3v) is 20.0. The van der Waals surface area contributed by atoms with Crippen LogP contribution in [0, 0.1) is 0 Å². The summed E-state index contributed by atoms with van der Waals surface area (Å²) in [5.74, 6) is 0. The van der Waals surface area contributed by atoms with Crippen molar-refractivity contribution in [3.63, 3.8) is 0 Å². The third kappa shape index (κ3) is 7.58. The molecule has 1 saturated carbocycles. The van der Waals surface area contributed by atoms with Crippen LogP contribution in [0.15, 0.2) is 158 Å². The van der Waals surface area contributed by atoms with Crippen molar-refractivity contribution in [3.8, 4) is 22.3 Å². The van der Waals surface area contributed by atoms with Crippen LogP contribution in [-0.4, -0.2) is 12.3 Å². The molecular weight excluding hydrogens is 954 g/mol. The molecule has 0 saturated heterocycles. The third-order valence-electron chi connectivity index (χ3n) is 20.0. The van der Waals surface area contributed by atoms with E-state index in [4.69, 9.17) is 0 Å². The van der Waals surface area contributed by atoms with E-state index in [0.717, 1.165) is 23.5 Å². The van der Waals surface area contributed by atoms with E-state index in [0.29, 0.717) is 0 Å². The predicted octanol–water partition coefficient (Wildman–Crippen LogP) is 18.7. The Morgan fingerprint density at radius 1 is 0.430 bits per heavy atom. The second-order valence-electron chi connectivity index (χ2n) is 29.4. The predicted molar refractivity (Wildman–Crippen MR) is 341 cm³/mol. The molecule has 3 aliphatic heterocycles. The van der Waals surface area contributed by atoms with Gasteiger partial charge in [-0.2, -0.15) is 0 Å². The maximum absolute atomic E-state index is 2.93. The highest BCUT2D eigenvalue weighted by atomic mass is 15.3. The average Bonchev–Trinajstić information content (AvgIpc) is 1.97. The quantitative estimate of drug-likeness (QED) is 0.159. The SMILES string of the molecule is CC(C)(C)c1ccc(N(c2ccc(C(C)(C)C)cc2)c2cc3c4c(c2)N2c5c(cc(C(C)(C)C)cc5C5(C)CCCCC25C)B4c2ccc4c(c2N3c2ccc(C(C)(C)C)cc2-c2ccccc2)-c2ccccc2C4(C)C)cc1. The maximum atomic E-state index is 2.93. The summed E-state index contributed by atoms with van der Waals surface area (Å²) in [4.78, 5) is 8.29. The number of benzene rings is 8. The van der Waals surface area contributed by atoms with Crippen LogP contribution in [-0.2, 0) is 32.5 Å². The minimum Gasteiger partial charge on any atom is -0.335 e. The molecule has 400 valence electrons. The van der Waals surface area contributed by atoms with Crippen molar-refractivity contribution < 1.29 is 0 Å². The fraction of sp³-hybridized carbons (Fsp3) is 0.360. The molecule has 0 amide bonds. The zero-order chi connectivity index (χ0) is 55.7. The Morgan fingerprint density at radius 2 is 1.00 bits per heavy atom. The van der Waals surface area contributed by atoms with Crippen LogP contribution in [0.5, 0.6) is 0 Å². The molecule has 3 heterocycles. The van der Waals surface area contributed by atoms with Crippen molar-refractivity contribution in [2.24, 2.45) is 0 Å². The lowest BCUT2D eigenvalue weighted by atomic mass is 9.33. The van der Waals surface area contributed by atoms with Gasteiger partial charge in [0.05, 0.1) is 16.9 Å². The summed E-state index contributed by atoms with van der Waals surface area (Å²) >= 11 is 0. The largest absolute Gasteiger partial charge is 0.335 e. The van der Waals surface area contributed by atoms with Crippen molar-refractivity contribution in [1.82, 2.24) is 0 Å². The monoisotopic (exact) mass is 1040 g/mol. The second kappa shape index (κ2) is 17.1. The number of hydrogen-bond donors (Lipinski definition) is 0. The van der Waals surface area contributed by atoms with Gasteiger partial charge in [-0.1, -0.05) is 226 Å². The van der Waals surface area contributed by atoms with Gasteiger partial charge >= 0.3 is 0 Å². The number of hydrogen-bond acceptors (Lipinski definition) is 3. The van der Waals surface area contributed by atoms with Gasteiger partial charge in [0.2, 0.25) is 0 Å². The molecule has 0 aromatic heterocycles. The van der Waals surface area contributed by atoms with Gasteiger partial charge in [-0.25, -0.2) is 0 Å². The van der Waals surface area contributed by atoms with Gasteiger partial charge in [0.25, 0.3) is 6.71 Å². The van der Waals surface area contributed by atoms with Gasteiger partial charge in [0.15, 0.2) is 0 Å². The average molecular weight is 1040 g/mol. The van der Waals surface area contributed by atoms with Crippen LogP contribution >= 0.6 is 0 Å². The van der Waals surface area contributed by atoms with Gasteiger partial charge in [0.1, 0.15) is 0 Å². The molecule has 4 heteroatoms. The fourth-order valence-corrected chi connectivity index (χ4v) is 15.1. The van der Waals surface area contributed by atoms with Gasteiger partial charge in [-0.05, 0) is 156 Å². The molecule has 2 aliphatic carbocycles. The van der Waals surface area contributed by atoms with Crippen LogP contribution in [0.3, 0.4) is 0 Å². The van der Waals surface area contributed by atoms with E-state index in [1.165, 1.54) is 120 Å². The minimum atomic E-state index is -0.205. The highest BCUT2D eigenvalue weighted by Gasteiger charge is 2.62. The Kier molecular flexibility index (Phi) is 11.2. The first kappa shape index (κ1) is 51.6. The van der Waals surface area contributed by atoms with E-state index in [-0.39, 0.29) is 44.7 Å². The van der Waals surface area contributed by atoms with E-state index < -0.39 is 0 Å². The molecule has 13 rings (SSSR count). The first-order chi connectivity index (χ1) is 37.2. The summed E-state index contributed by atoms with van der Waals surface area (Å²) in [6.45, 7) is 38.4. The molecule has 0 spiro atoms. The molecule has 1 fully saturated rings. The molecule has 2 unspecified atom stereocenters. The maximum Gasteiger partial charge on any atom is 0.252 e. The Bertz CT molecular complexity index is 3720. The highest BCUT2D eigenvalue weighted by Crippen LogP contribution is 2.64. The Labute approximate surface area is 474 Å². The molecule has 5 aliphatic rings. The molecule has 3 nitrogen and oxygen atoms in total. The smallest absolute Gasteiger partial charge is 0.252 e. The first-order valence-corrected chi connectivity index (χ1v) is 29.7. The fourth-order valence-electron chi connectivity index (χ4n) is 15.1. The molecule has 0 radical (unpaired) electrons. The summed E-state index contributed by atoms with van der Waals surface area (Å²) in [6.07, 6.45) is 4.75. The van der Waals surface area contributed by atoms with Gasteiger partial charge in [-0.3, -0.25) is 0 Å². The van der Waals surface area contributed by atoms with Gasteiger partial charge < -0.3 is 14.7 Å². The first-order valence-electron chi connectivity index (χ1n) is 29.7. The van der Waals surface area contributed by atoms with E-state index in [9.17, 15) is 0 Å². The van der Waals surface area contributed by atoms with Crippen molar-refractivity contribution in [2.45, 2.75) is 174 Å². The minimum absolute atomic E-state index is 0.0128. The van der Waals surface area contributed by atoms with Crippen molar-refractivity contribution in [1.29, 1.82) is 0 Å². The lowest BCUT2D eigenvalue weighted by Crippen LogP contribution is -2.64. The summed E-state index contributed by atoms with van der Waals surface area (Å²) < 4.78 is 0. The molecule has 79 heavy (non-hydrogen) atoms. The van der Waals surface area contributed by atoms with Crippen molar-refractivity contribution in [2.75, 3.05) is 14.7 Å². The van der Waals surface area contributed by atoms with Crippen LogP contribution in [0.2, 0.25) is 0 Å². The lowest BCUT2D eigenvalue weighted by molar-refractivity contribution is 0.195. The summed E-state index contributed by atoms with van der Waals surface area (Å²) in [5, 5.41) is 0. The molecule has 2 atom stereocenters. The number of fused-ring (bicyclic) bond motifs is 11. The summed E-state index contributed by atoms with van der Waals surface area (Å²) in [5.41, 5.74) is 28.7. The molecule has 0 N–H and O–H groups in total. The summed E-state index contributed by atoms with van der Waals surface area (Å²) in [7, 11) is 0. The molecule has 0 bridgehead atoms. The summed E-state index contributed by atoms with van der Waals surface area (Å²) in [6, 6.07) is 62.6. The second-order valence-corrected chi connectivity index (χ2v) is 29.4. The Morgan fingerprint density at radius 3 is 1.62 bits per heavy atom. The molecule has 8 aromatic carbocycles.